The SMILES string of the molecule is CC(C)C1(C(C)C)OC[C@H]2O[C@@H](n3ccc(NC(=O)c4ccccc4)nc3=O)[C@H](O)C2OC(C(C)C)(C(C)C)O1. The van der Waals surface area contributed by atoms with Gasteiger partial charge in [-0.25, -0.2) is 4.79 Å². The van der Waals surface area contributed by atoms with E-state index in [1.165, 1.54) is 16.8 Å². The largest absolute Gasteiger partial charge is 0.386 e. The summed E-state index contributed by atoms with van der Waals surface area (Å²) in [6.07, 6.45) is -2.31. The number of fused-ring (bicyclic) bond motifs is 1. The normalized spacial score (nSPS) is 26.1. The minimum absolute atomic E-state index is 0.00268. The Hall–Kier alpha value is -2.63. The predicted molar refractivity (Wildman–Crippen MR) is 150 cm³/mol. The van der Waals surface area contributed by atoms with Crippen LogP contribution in [0.2, 0.25) is 0 Å². The molecule has 2 fully saturated rings. The van der Waals surface area contributed by atoms with E-state index in [0.29, 0.717) is 5.56 Å². The summed E-state index contributed by atoms with van der Waals surface area (Å²) in [6.45, 7) is 16.4. The lowest BCUT2D eigenvalue weighted by Gasteiger charge is -2.54. The van der Waals surface area contributed by atoms with Gasteiger partial charge in [-0.3, -0.25) is 9.36 Å². The van der Waals surface area contributed by atoms with Gasteiger partial charge in [0.15, 0.2) is 17.8 Å². The summed E-state index contributed by atoms with van der Waals surface area (Å²) < 4.78 is 27.6. The van der Waals surface area contributed by atoms with Crippen molar-refractivity contribution in [1.82, 2.24) is 9.55 Å². The minimum Gasteiger partial charge on any atom is -0.386 e. The molecule has 2 N–H and O–H groups in total. The van der Waals surface area contributed by atoms with Crippen molar-refractivity contribution in [1.29, 1.82) is 0 Å². The molecule has 40 heavy (non-hydrogen) atoms. The van der Waals surface area contributed by atoms with Crippen molar-refractivity contribution in [3.05, 3.63) is 58.6 Å². The van der Waals surface area contributed by atoms with E-state index in [4.69, 9.17) is 18.9 Å². The molecular weight excluding hydrogens is 514 g/mol. The van der Waals surface area contributed by atoms with Crippen LogP contribution in [0.3, 0.4) is 0 Å². The third-order valence-corrected chi connectivity index (χ3v) is 8.02. The average Bonchev–Trinajstić information content (AvgIpc) is 3.18. The number of aliphatic hydroxyl groups is 1. The summed E-state index contributed by atoms with van der Waals surface area (Å²) in [5.41, 5.74) is -0.240. The lowest BCUT2D eigenvalue weighted by molar-refractivity contribution is -0.437. The summed E-state index contributed by atoms with van der Waals surface area (Å²) in [5.74, 6) is -2.52. The van der Waals surface area contributed by atoms with Crippen LogP contribution < -0.4 is 11.0 Å². The van der Waals surface area contributed by atoms with Gasteiger partial charge in [-0.2, -0.15) is 4.98 Å². The molecule has 10 nitrogen and oxygen atoms in total. The molecule has 4 atom stereocenters. The third kappa shape index (κ3) is 5.47. The van der Waals surface area contributed by atoms with Crippen molar-refractivity contribution in [2.75, 3.05) is 11.9 Å². The zero-order valence-corrected chi connectivity index (χ0v) is 24.7. The molecule has 220 valence electrons. The van der Waals surface area contributed by atoms with E-state index in [-0.39, 0.29) is 42.0 Å². The second-order valence-corrected chi connectivity index (χ2v) is 11.9. The summed E-state index contributed by atoms with van der Waals surface area (Å²) in [5, 5.41) is 14.1. The van der Waals surface area contributed by atoms with Crippen LogP contribution in [-0.2, 0) is 18.9 Å². The van der Waals surface area contributed by atoms with Crippen LogP contribution in [0.15, 0.2) is 47.4 Å². The fourth-order valence-electron chi connectivity index (χ4n) is 5.82. The number of carbonyl (C=O) groups is 1. The van der Waals surface area contributed by atoms with Gasteiger partial charge >= 0.3 is 5.69 Å². The quantitative estimate of drug-likeness (QED) is 0.520. The van der Waals surface area contributed by atoms with Gasteiger partial charge in [0.25, 0.3) is 5.91 Å². The molecule has 2 aromatic rings. The fraction of sp³-hybridized carbons (Fsp3) is 0.633. The molecule has 2 aliphatic heterocycles. The third-order valence-electron chi connectivity index (χ3n) is 8.02. The van der Waals surface area contributed by atoms with Crippen molar-refractivity contribution in [3.63, 3.8) is 0 Å². The maximum Gasteiger partial charge on any atom is 0.351 e. The van der Waals surface area contributed by atoms with Crippen molar-refractivity contribution in [3.8, 4) is 0 Å². The Labute approximate surface area is 236 Å². The van der Waals surface area contributed by atoms with Gasteiger partial charge in [0.1, 0.15) is 24.1 Å². The Morgan fingerprint density at radius 2 is 1.57 bits per heavy atom. The van der Waals surface area contributed by atoms with Gasteiger partial charge in [-0.15, -0.1) is 0 Å². The van der Waals surface area contributed by atoms with Gasteiger partial charge in [0.05, 0.1) is 6.61 Å². The fourth-order valence-corrected chi connectivity index (χ4v) is 5.82. The Morgan fingerprint density at radius 1 is 0.975 bits per heavy atom. The lowest BCUT2D eigenvalue weighted by atomic mass is 9.86. The van der Waals surface area contributed by atoms with Gasteiger partial charge in [-0.05, 0) is 18.2 Å². The van der Waals surface area contributed by atoms with Gasteiger partial charge in [0, 0.05) is 35.4 Å². The maximum atomic E-state index is 13.1. The standard InChI is InChI=1S/C30H43N3O7/c1-17(2)29(18(3)4)37-16-22-25(39-30(40-29,19(5)6)20(7)8)24(34)27(38-22)33-15-14-23(32-28(33)36)31-26(35)21-12-10-9-11-13-21/h9-15,17-20,22,24-25,27,34H,16H2,1-8H3,(H,31,32,35,36)/t22-,24-,25?,27-/m1/s1. The molecule has 4 rings (SSSR count). The van der Waals surface area contributed by atoms with Gasteiger partial charge in [0.2, 0.25) is 0 Å². The monoisotopic (exact) mass is 557 g/mol. The molecule has 0 saturated carbocycles. The molecule has 0 radical (unpaired) electrons. The second kappa shape index (κ2) is 11.7. The summed E-state index contributed by atoms with van der Waals surface area (Å²) in [4.78, 5) is 29.6. The van der Waals surface area contributed by atoms with E-state index >= 15 is 0 Å². The number of aromatic nitrogens is 2. The number of nitrogens with one attached hydrogen (secondary N) is 1. The zero-order valence-electron chi connectivity index (χ0n) is 24.7. The maximum absolute atomic E-state index is 13.1. The number of amides is 1. The Morgan fingerprint density at radius 3 is 2.12 bits per heavy atom. The van der Waals surface area contributed by atoms with Crippen molar-refractivity contribution in [2.24, 2.45) is 23.7 Å². The zero-order chi connectivity index (χ0) is 29.4. The van der Waals surface area contributed by atoms with Crippen LogP contribution in [0, 0.1) is 23.7 Å². The van der Waals surface area contributed by atoms with Crippen LogP contribution in [0.25, 0.3) is 0 Å². The smallest absolute Gasteiger partial charge is 0.351 e. The van der Waals surface area contributed by atoms with E-state index in [1.807, 2.05) is 33.8 Å². The number of ether oxygens (including phenoxy) is 4. The average molecular weight is 558 g/mol. The van der Waals surface area contributed by atoms with Gasteiger partial charge < -0.3 is 29.4 Å². The molecule has 1 aromatic carbocycles. The van der Waals surface area contributed by atoms with Crippen LogP contribution in [0.5, 0.6) is 0 Å². The number of hydrogen-bond donors (Lipinski definition) is 2. The van der Waals surface area contributed by atoms with E-state index in [9.17, 15) is 14.7 Å². The highest BCUT2D eigenvalue weighted by Crippen LogP contribution is 2.47. The molecule has 1 aromatic heterocycles. The minimum atomic E-state index is -1.20. The summed E-state index contributed by atoms with van der Waals surface area (Å²) >= 11 is 0. The number of anilines is 1. The lowest BCUT2D eigenvalue weighted by Crippen LogP contribution is -2.63. The van der Waals surface area contributed by atoms with Crippen molar-refractivity contribution in [2.45, 2.75) is 91.5 Å². The topological polar surface area (TPSA) is 121 Å². The van der Waals surface area contributed by atoms with Gasteiger partial charge in [-0.1, -0.05) is 73.6 Å². The molecule has 2 aliphatic rings. The Balaban J connectivity index is 1.64. The molecule has 3 heterocycles. The number of aliphatic hydroxyl groups excluding tert-OH is 1. The number of rotatable bonds is 7. The highest BCUT2D eigenvalue weighted by atomic mass is 16.8. The summed E-state index contributed by atoms with van der Waals surface area (Å²) in [6, 6.07) is 10.1. The highest BCUT2D eigenvalue weighted by Gasteiger charge is 2.58. The second-order valence-electron chi connectivity index (χ2n) is 11.9. The highest BCUT2D eigenvalue weighted by molar-refractivity contribution is 6.03. The van der Waals surface area contributed by atoms with E-state index in [1.54, 1.807) is 24.3 Å². The van der Waals surface area contributed by atoms with Crippen LogP contribution in [-0.4, -0.2) is 57.1 Å². The number of benzene rings is 1. The number of nitrogens with zero attached hydrogens (tertiary/aromatic N) is 2. The number of hydrogen-bond acceptors (Lipinski definition) is 8. The van der Waals surface area contributed by atoms with Crippen molar-refractivity contribution >= 4 is 11.7 Å². The molecule has 1 unspecified atom stereocenters. The molecule has 1 amide bonds. The van der Waals surface area contributed by atoms with E-state index in [2.05, 4.69) is 38.0 Å². The van der Waals surface area contributed by atoms with Crippen molar-refractivity contribution < 1.29 is 28.8 Å². The van der Waals surface area contributed by atoms with Crippen LogP contribution >= 0.6 is 0 Å². The predicted octanol–water partition coefficient (Wildman–Crippen LogP) is 4.20. The molecule has 10 heteroatoms. The first kappa shape index (κ1) is 30.3. The molecule has 0 aliphatic carbocycles. The molecule has 0 spiro atoms. The first-order valence-corrected chi connectivity index (χ1v) is 14.1. The van der Waals surface area contributed by atoms with Crippen LogP contribution in [0.1, 0.15) is 72.0 Å². The van der Waals surface area contributed by atoms with E-state index < -0.39 is 41.8 Å². The molecule has 2 saturated heterocycles. The molecule has 0 bridgehead atoms. The summed E-state index contributed by atoms with van der Waals surface area (Å²) in [7, 11) is 0. The number of carbonyl (C=O) groups excluding carboxylic acids is 1. The van der Waals surface area contributed by atoms with E-state index in [0.717, 1.165) is 0 Å². The first-order chi connectivity index (χ1) is 18.8. The molecular formula is C30H43N3O7. The Kier molecular flexibility index (Phi) is 8.87. The first-order valence-electron chi connectivity index (χ1n) is 14.1. The van der Waals surface area contributed by atoms with Crippen LogP contribution in [0.4, 0.5) is 5.82 Å². The Bertz CT molecular complexity index is 1210.